The number of hydrogen-bond acceptors (Lipinski definition) is 4. The van der Waals surface area contributed by atoms with E-state index in [2.05, 4.69) is 9.88 Å². The lowest BCUT2D eigenvalue weighted by atomic mass is 9.90. The van der Waals surface area contributed by atoms with Crippen LogP contribution in [0.4, 0.5) is 0 Å². The Hall–Kier alpha value is -1.92. The van der Waals surface area contributed by atoms with Crippen molar-refractivity contribution in [3.05, 3.63) is 35.8 Å². The maximum Gasteiger partial charge on any atom is 0.274 e. The van der Waals surface area contributed by atoms with Gasteiger partial charge in [-0.15, -0.1) is 0 Å². The lowest BCUT2D eigenvalue weighted by Crippen LogP contribution is -2.47. The Labute approximate surface area is 154 Å². The molecule has 140 valence electrons. The molecule has 6 nitrogen and oxygen atoms in total. The van der Waals surface area contributed by atoms with Crippen molar-refractivity contribution in [3.8, 4) is 0 Å². The summed E-state index contributed by atoms with van der Waals surface area (Å²) >= 11 is 0. The van der Waals surface area contributed by atoms with Crippen LogP contribution in [0.2, 0.25) is 0 Å². The number of carbonyl (C=O) groups excluding carboxylic acids is 1. The van der Waals surface area contributed by atoms with E-state index in [1.54, 1.807) is 0 Å². The number of β-amino-alcohol motifs (C(OH)–C–C–N with tert-alkyl or cyclic N) is 1. The van der Waals surface area contributed by atoms with Crippen molar-refractivity contribution in [3.63, 3.8) is 0 Å². The van der Waals surface area contributed by atoms with Gasteiger partial charge in [0.1, 0.15) is 5.65 Å². The van der Waals surface area contributed by atoms with E-state index in [1.807, 2.05) is 40.6 Å². The minimum Gasteiger partial charge on any atom is -0.389 e. The third kappa shape index (κ3) is 3.23. The zero-order valence-electron chi connectivity index (χ0n) is 15.5. The Bertz CT molecular complexity index is 796. The zero-order chi connectivity index (χ0) is 18.1. The fraction of sp³-hybridized carbons (Fsp3) is 0.600. The third-order valence-corrected chi connectivity index (χ3v) is 5.89. The molecule has 1 atom stereocenters. The molecular weight excluding hydrogens is 328 g/mol. The van der Waals surface area contributed by atoms with Gasteiger partial charge in [-0.3, -0.25) is 9.69 Å². The second kappa shape index (κ2) is 7.00. The standard InChI is InChI=1S/C20H28N4O2/c1-2-20(26)9-7-10-22(15-20)14-16-18(19(25)23-11-5-6-12-23)21-17-8-3-4-13-24(16)17/h3-4,8,13,26H,2,5-7,9-12,14-15H2,1H3. The highest BCUT2D eigenvalue weighted by Crippen LogP contribution is 2.27. The van der Waals surface area contributed by atoms with E-state index < -0.39 is 5.60 Å². The van der Waals surface area contributed by atoms with Crippen LogP contribution in [0.5, 0.6) is 0 Å². The van der Waals surface area contributed by atoms with Gasteiger partial charge >= 0.3 is 0 Å². The zero-order valence-corrected chi connectivity index (χ0v) is 15.5. The van der Waals surface area contributed by atoms with Gasteiger partial charge in [-0.25, -0.2) is 4.98 Å². The van der Waals surface area contributed by atoms with Gasteiger partial charge in [-0.1, -0.05) is 13.0 Å². The molecule has 4 heterocycles. The molecule has 0 saturated carbocycles. The molecule has 1 N–H and O–H groups in total. The summed E-state index contributed by atoms with van der Waals surface area (Å²) in [7, 11) is 0. The molecule has 2 saturated heterocycles. The largest absolute Gasteiger partial charge is 0.389 e. The van der Waals surface area contributed by atoms with Gasteiger partial charge in [0.05, 0.1) is 11.3 Å². The molecule has 0 radical (unpaired) electrons. The highest BCUT2D eigenvalue weighted by molar-refractivity contribution is 5.94. The van der Waals surface area contributed by atoms with Crippen molar-refractivity contribution < 1.29 is 9.90 Å². The highest BCUT2D eigenvalue weighted by atomic mass is 16.3. The highest BCUT2D eigenvalue weighted by Gasteiger charge is 2.33. The lowest BCUT2D eigenvalue weighted by molar-refractivity contribution is -0.0361. The average molecular weight is 356 g/mol. The first-order chi connectivity index (χ1) is 12.6. The molecule has 0 aromatic carbocycles. The maximum absolute atomic E-state index is 13.0. The van der Waals surface area contributed by atoms with E-state index in [0.29, 0.717) is 18.8 Å². The molecule has 1 amide bonds. The van der Waals surface area contributed by atoms with Gasteiger partial charge in [0, 0.05) is 32.4 Å². The molecule has 1 unspecified atom stereocenters. The molecule has 2 aliphatic heterocycles. The molecule has 26 heavy (non-hydrogen) atoms. The summed E-state index contributed by atoms with van der Waals surface area (Å²) in [5.74, 6) is 0.0453. The third-order valence-electron chi connectivity index (χ3n) is 5.89. The van der Waals surface area contributed by atoms with E-state index >= 15 is 0 Å². The predicted octanol–water partition coefficient (Wildman–Crippen LogP) is 2.31. The summed E-state index contributed by atoms with van der Waals surface area (Å²) < 4.78 is 2.03. The van der Waals surface area contributed by atoms with Crippen molar-refractivity contribution in [1.29, 1.82) is 0 Å². The minimum atomic E-state index is -0.613. The average Bonchev–Trinajstić information content (AvgIpc) is 3.30. The monoisotopic (exact) mass is 356 g/mol. The number of imidazole rings is 1. The number of piperidine rings is 1. The number of aromatic nitrogens is 2. The Morgan fingerprint density at radius 2 is 2.04 bits per heavy atom. The van der Waals surface area contributed by atoms with Crippen LogP contribution in [0.1, 0.15) is 55.2 Å². The normalized spacial score (nSPS) is 24.5. The van der Waals surface area contributed by atoms with Crippen LogP contribution in [0.15, 0.2) is 24.4 Å². The van der Waals surface area contributed by atoms with Gasteiger partial charge in [0.15, 0.2) is 5.69 Å². The first-order valence-electron chi connectivity index (χ1n) is 9.80. The number of hydrogen-bond donors (Lipinski definition) is 1. The van der Waals surface area contributed by atoms with E-state index in [1.165, 1.54) is 0 Å². The topological polar surface area (TPSA) is 61.1 Å². The van der Waals surface area contributed by atoms with Gasteiger partial charge < -0.3 is 14.4 Å². The molecular formula is C20H28N4O2. The first kappa shape index (κ1) is 17.5. The molecule has 2 aliphatic rings. The molecule has 0 bridgehead atoms. The number of fused-ring (bicyclic) bond motifs is 1. The SMILES string of the molecule is CCC1(O)CCCN(Cc2c(C(=O)N3CCCC3)nc3ccccn23)C1. The van der Waals surface area contributed by atoms with E-state index in [-0.39, 0.29) is 5.91 Å². The number of aliphatic hydroxyl groups is 1. The Kier molecular flexibility index (Phi) is 4.71. The van der Waals surface area contributed by atoms with E-state index in [9.17, 15) is 9.90 Å². The summed E-state index contributed by atoms with van der Waals surface area (Å²) in [6.07, 6.45) is 6.72. The van der Waals surface area contributed by atoms with Gasteiger partial charge in [0.2, 0.25) is 0 Å². The van der Waals surface area contributed by atoms with Crippen molar-refractivity contribution in [2.24, 2.45) is 0 Å². The summed E-state index contributed by atoms with van der Waals surface area (Å²) in [4.78, 5) is 21.9. The Morgan fingerprint density at radius 3 is 2.81 bits per heavy atom. The number of carbonyl (C=O) groups is 1. The summed E-state index contributed by atoms with van der Waals surface area (Å²) in [6.45, 7) is 5.93. The lowest BCUT2D eigenvalue weighted by Gasteiger charge is -2.38. The molecule has 4 rings (SSSR count). The van der Waals surface area contributed by atoms with E-state index in [0.717, 1.165) is 63.1 Å². The van der Waals surface area contributed by atoms with Crippen molar-refractivity contribution in [2.45, 2.75) is 51.2 Å². The fourth-order valence-corrected chi connectivity index (χ4v) is 4.28. The number of nitrogens with zero attached hydrogens (tertiary/aromatic N) is 4. The Morgan fingerprint density at radius 1 is 1.23 bits per heavy atom. The summed E-state index contributed by atoms with van der Waals surface area (Å²) in [5.41, 5.74) is 1.71. The first-order valence-corrected chi connectivity index (χ1v) is 9.80. The molecule has 2 fully saturated rings. The smallest absolute Gasteiger partial charge is 0.274 e. The number of rotatable bonds is 4. The Balaban J connectivity index is 1.66. The number of likely N-dealkylation sites (tertiary alicyclic amines) is 2. The van der Waals surface area contributed by atoms with Gasteiger partial charge in [-0.2, -0.15) is 0 Å². The fourth-order valence-electron chi connectivity index (χ4n) is 4.28. The molecule has 0 spiro atoms. The quantitative estimate of drug-likeness (QED) is 0.913. The van der Waals surface area contributed by atoms with Crippen molar-refractivity contribution in [1.82, 2.24) is 19.2 Å². The van der Waals surface area contributed by atoms with Crippen LogP contribution in [-0.2, 0) is 6.54 Å². The summed E-state index contributed by atoms with van der Waals surface area (Å²) in [5, 5.41) is 10.7. The molecule has 0 aliphatic carbocycles. The molecule has 2 aromatic heterocycles. The van der Waals surface area contributed by atoms with Gasteiger partial charge in [0.25, 0.3) is 5.91 Å². The second-order valence-corrected chi connectivity index (χ2v) is 7.73. The van der Waals surface area contributed by atoms with Crippen LogP contribution in [0.25, 0.3) is 5.65 Å². The number of amides is 1. The van der Waals surface area contributed by atoms with Crippen molar-refractivity contribution in [2.75, 3.05) is 26.2 Å². The molecule has 2 aromatic rings. The van der Waals surface area contributed by atoms with Gasteiger partial charge in [-0.05, 0) is 50.8 Å². The van der Waals surface area contributed by atoms with Crippen LogP contribution >= 0.6 is 0 Å². The maximum atomic E-state index is 13.0. The predicted molar refractivity (Wildman–Crippen MR) is 100 cm³/mol. The van der Waals surface area contributed by atoms with E-state index in [4.69, 9.17) is 0 Å². The van der Waals surface area contributed by atoms with Crippen LogP contribution in [-0.4, -0.2) is 62.0 Å². The van der Waals surface area contributed by atoms with Crippen LogP contribution in [0, 0.1) is 0 Å². The molecule has 6 heteroatoms. The van der Waals surface area contributed by atoms with Crippen LogP contribution in [0.3, 0.4) is 0 Å². The number of pyridine rings is 1. The second-order valence-electron chi connectivity index (χ2n) is 7.73. The van der Waals surface area contributed by atoms with Crippen LogP contribution < -0.4 is 0 Å². The summed E-state index contributed by atoms with van der Waals surface area (Å²) in [6, 6.07) is 5.87. The van der Waals surface area contributed by atoms with Crippen molar-refractivity contribution >= 4 is 11.6 Å². The minimum absolute atomic E-state index is 0.0453.